The van der Waals surface area contributed by atoms with E-state index in [1.165, 1.54) is 7.11 Å². The number of benzene rings is 2. The van der Waals surface area contributed by atoms with E-state index in [2.05, 4.69) is 15.2 Å². The van der Waals surface area contributed by atoms with Crippen LogP contribution in [0.4, 0.5) is 0 Å². The zero-order valence-corrected chi connectivity index (χ0v) is 17.5. The second-order valence-electron chi connectivity index (χ2n) is 7.48. The SMILES string of the molecule is COC(=O)c1ccc2[nH]c3c(c2c1)CN(C(=O)c1cn[nH]c1-c1ccc(Cl)cc1)CC3. The predicted molar refractivity (Wildman–Crippen MR) is 117 cm³/mol. The van der Waals surface area contributed by atoms with Crippen LogP contribution in [-0.2, 0) is 17.7 Å². The van der Waals surface area contributed by atoms with Crippen molar-refractivity contribution in [1.29, 1.82) is 0 Å². The van der Waals surface area contributed by atoms with E-state index in [9.17, 15) is 9.59 Å². The lowest BCUT2D eigenvalue weighted by Gasteiger charge is -2.27. The van der Waals surface area contributed by atoms with Crippen molar-refractivity contribution in [1.82, 2.24) is 20.1 Å². The Labute approximate surface area is 183 Å². The van der Waals surface area contributed by atoms with Crippen LogP contribution >= 0.6 is 11.6 Å². The van der Waals surface area contributed by atoms with Crippen LogP contribution in [0.5, 0.6) is 0 Å². The van der Waals surface area contributed by atoms with E-state index in [4.69, 9.17) is 16.3 Å². The number of carbonyl (C=O) groups is 2. The molecule has 1 amide bonds. The number of nitrogens with one attached hydrogen (secondary N) is 2. The number of methoxy groups -OCH3 is 1. The predicted octanol–water partition coefficient (Wildman–Crippen LogP) is 4.20. The molecule has 4 aromatic rings. The highest BCUT2D eigenvalue weighted by Gasteiger charge is 2.27. The number of hydrogen-bond donors (Lipinski definition) is 2. The Hall–Kier alpha value is -3.58. The smallest absolute Gasteiger partial charge is 0.337 e. The molecule has 7 nitrogen and oxygen atoms in total. The molecule has 0 fully saturated rings. The van der Waals surface area contributed by atoms with Gasteiger partial charge in [0.2, 0.25) is 0 Å². The number of H-pyrrole nitrogens is 2. The fourth-order valence-corrected chi connectivity index (χ4v) is 4.21. The van der Waals surface area contributed by atoms with Gasteiger partial charge >= 0.3 is 5.97 Å². The van der Waals surface area contributed by atoms with E-state index in [1.807, 2.05) is 29.2 Å². The summed E-state index contributed by atoms with van der Waals surface area (Å²) in [7, 11) is 1.36. The standard InChI is InChI=1S/C23H19ClN4O3/c1-31-23(30)14-4-7-19-16(10-14)18-12-28(9-8-20(18)26-19)22(29)17-11-25-27-21(17)13-2-5-15(24)6-3-13/h2-7,10-11,26H,8-9,12H2,1H3,(H,25,27). The number of aromatic amines is 2. The molecule has 0 aliphatic carbocycles. The highest BCUT2D eigenvalue weighted by Crippen LogP contribution is 2.31. The summed E-state index contributed by atoms with van der Waals surface area (Å²) in [5.74, 6) is -0.477. The lowest BCUT2D eigenvalue weighted by Crippen LogP contribution is -2.35. The fourth-order valence-electron chi connectivity index (χ4n) is 4.09. The second kappa shape index (κ2) is 7.59. The molecule has 0 unspecified atom stereocenters. The number of esters is 1. The summed E-state index contributed by atoms with van der Waals surface area (Å²) < 4.78 is 4.84. The quantitative estimate of drug-likeness (QED) is 0.473. The normalized spacial score (nSPS) is 13.3. The Morgan fingerprint density at radius 1 is 1.16 bits per heavy atom. The van der Waals surface area contributed by atoms with Crippen LogP contribution in [0.3, 0.4) is 0 Å². The van der Waals surface area contributed by atoms with Crippen molar-refractivity contribution in [3.05, 3.63) is 76.1 Å². The fraction of sp³-hybridized carbons (Fsp3) is 0.174. The zero-order valence-electron chi connectivity index (χ0n) is 16.7. The first kappa shape index (κ1) is 19.4. The molecule has 0 spiro atoms. The van der Waals surface area contributed by atoms with Gasteiger partial charge in [-0.3, -0.25) is 9.89 Å². The summed E-state index contributed by atoms with van der Waals surface area (Å²) in [5.41, 5.74) is 5.57. The molecule has 0 saturated carbocycles. The van der Waals surface area contributed by atoms with Crippen molar-refractivity contribution in [2.75, 3.05) is 13.7 Å². The summed E-state index contributed by atoms with van der Waals surface area (Å²) in [6, 6.07) is 12.7. The van der Waals surface area contributed by atoms with E-state index < -0.39 is 0 Å². The van der Waals surface area contributed by atoms with Gasteiger partial charge in [0.25, 0.3) is 5.91 Å². The summed E-state index contributed by atoms with van der Waals surface area (Å²) in [5, 5.41) is 8.59. The third kappa shape index (κ3) is 3.37. The van der Waals surface area contributed by atoms with Crippen LogP contribution in [0.15, 0.2) is 48.7 Å². The Kier molecular flexibility index (Phi) is 4.75. The third-order valence-corrected chi connectivity index (χ3v) is 5.94. The number of rotatable bonds is 3. The summed E-state index contributed by atoms with van der Waals surface area (Å²) in [4.78, 5) is 30.5. The van der Waals surface area contributed by atoms with Gasteiger partial charge in [0.1, 0.15) is 0 Å². The number of nitrogens with zero attached hydrogens (tertiary/aromatic N) is 2. The molecule has 2 aromatic heterocycles. The van der Waals surface area contributed by atoms with Crippen LogP contribution in [0, 0.1) is 0 Å². The third-order valence-electron chi connectivity index (χ3n) is 5.69. The van der Waals surface area contributed by atoms with Crippen LogP contribution < -0.4 is 0 Å². The van der Waals surface area contributed by atoms with Crippen LogP contribution in [-0.4, -0.2) is 45.6 Å². The largest absolute Gasteiger partial charge is 0.465 e. The van der Waals surface area contributed by atoms with Gasteiger partial charge in [-0.1, -0.05) is 23.7 Å². The van der Waals surface area contributed by atoms with Gasteiger partial charge in [-0.2, -0.15) is 5.10 Å². The first-order valence-electron chi connectivity index (χ1n) is 9.85. The monoisotopic (exact) mass is 434 g/mol. The first-order chi connectivity index (χ1) is 15.0. The molecule has 0 saturated heterocycles. The molecule has 2 aromatic carbocycles. The molecule has 0 radical (unpaired) electrons. The summed E-state index contributed by atoms with van der Waals surface area (Å²) >= 11 is 5.99. The maximum absolute atomic E-state index is 13.4. The molecule has 8 heteroatoms. The van der Waals surface area contributed by atoms with Crippen LogP contribution in [0.2, 0.25) is 5.02 Å². The van der Waals surface area contributed by atoms with Crippen LogP contribution in [0.25, 0.3) is 22.2 Å². The summed E-state index contributed by atoms with van der Waals surface area (Å²) in [6.07, 6.45) is 2.27. The molecule has 1 aliphatic rings. The van der Waals surface area contributed by atoms with Gasteiger partial charge in [0, 0.05) is 52.3 Å². The Bertz CT molecular complexity index is 1310. The van der Waals surface area contributed by atoms with E-state index in [0.29, 0.717) is 41.4 Å². The molecule has 31 heavy (non-hydrogen) atoms. The van der Waals surface area contributed by atoms with Gasteiger partial charge in [-0.25, -0.2) is 4.79 Å². The minimum absolute atomic E-state index is 0.0946. The molecule has 0 bridgehead atoms. The minimum atomic E-state index is -0.383. The number of halogens is 1. The lowest BCUT2D eigenvalue weighted by molar-refractivity contribution is 0.0600. The highest BCUT2D eigenvalue weighted by molar-refractivity contribution is 6.30. The number of carbonyl (C=O) groups excluding carboxylic acids is 2. The van der Waals surface area contributed by atoms with Crippen molar-refractivity contribution >= 4 is 34.4 Å². The van der Waals surface area contributed by atoms with Gasteiger partial charge in [0.15, 0.2) is 0 Å². The number of fused-ring (bicyclic) bond motifs is 3. The van der Waals surface area contributed by atoms with E-state index in [1.54, 1.807) is 24.4 Å². The molecule has 0 atom stereocenters. The summed E-state index contributed by atoms with van der Waals surface area (Å²) in [6.45, 7) is 1.04. The Balaban J connectivity index is 1.47. The molecule has 2 N–H and O–H groups in total. The average molecular weight is 435 g/mol. The van der Waals surface area contributed by atoms with E-state index in [-0.39, 0.29) is 11.9 Å². The average Bonchev–Trinajstić information content (AvgIpc) is 3.42. The zero-order chi connectivity index (χ0) is 21.5. The lowest BCUT2D eigenvalue weighted by atomic mass is 10.0. The van der Waals surface area contributed by atoms with Gasteiger partial charge in [-0.05, 0) is 30.3 Å². The van der Waals surface area contributed by atoms with Crippen molar-refractivity contribution in [2.45, 2.75) is 13.0 Å². The van der Waals surface area contributed by atoms with Crippen molar-refractivity contribution < 1.29 is 14.3 Å². The maximum Gasteiger partial charge on any atom is 0.337 e. The van der Waals surface area contributed by atoms with Gasteiger partial charge in [-0.15, -0.1) is 0 Å². The Morgan fingerprint density at radius 3 is 2.74 bits per heavy atom. The topological polar surface area (TPSA) is 91.1 Å². The first-order valence-corrected chi connectivity index (χ1v) is 10.2. The number of hydrogen-bond acceptors (Lipinski definition) is 4. The number of aromatic nitrogens is 3. The molecular weight excluding hydrogens is 416 g/mol. The van der Waals surface area contributed by atoms with Gasteiger partial charge in [0.05, 0.1) is 30.1 Å². The van der Waals surface area contributed by atoms with E-state index >= 15 is 0 Å². The highest BCUT2D eigenvalue weighted by atomic mass is 35.5. The Morgan fingerprint density at radius 2 is 1.97 bits per heavy atom. The van der Waals surface area contributed by atoms with Crippen molar-refractivity contribution in [3.8, 4) is 11.3 Å². The molecule has 156 valence electrons. The van der Waals surface area contributed by atoms with E-state index in [0.717, 1.165) is 27.7 Å². The molecule has 1 aliphatic heterocycles. The minimum Gasteiger partial charge on any atom is -0.465 e. The van der Waals surface area contributed by atoms with Crippen LogP contribution in [0.1, 0.15) is 32.0 Å². The maximum atomic E-state index is 13.4. The molecular formula is C23H19ClN4O3. The number of amides is 1. The molecule has 5 rings (SSSR count). The second-order valence-corrected chi connectivity index (χ2v) is 7.91. The molecule has 3 heterocycles. The number of ether oxygens (including phenoxy) is 1. The van der Waals surface area contributed by atoms with Crippen molar-refractivity contribution in [3.63, 3.8) is 0 Å². The van der Waals surface area contributed by atoms with Gasteiger partial charge < -0.3 is 14.6 Å². The van der Waals surface area contributed by atoms with Crippen molar-refractivity contribution in [2.24, 2.45) is 0 Å².